The Hall–Kier alpha value is -4.30. The minimum absolute atomic E-state index is 0.0394. The summed E-state index contributed by atoms with van der Waals surface area (Å²) in [6.07, 6.45) is 5.33. The molecule has 2 saturated heterocycles. The number of carbonyl (C=O) groups excluding carboxylic acids is 2. The van der Waals surface area contributed by atoms with Crippen molar-refractivity contribution in [3.05, 3.63) is 107 Å². The second kappa shape index (κ2) is 12.0. The minimum atomic E-state index is -1.20. The minimum Gasteiger partial charge on any atom is -0.481 e. The molecular weight excluding hydrogens is 556 g/mol. The van der Waals surface area contributed by atoms with E-state index >= 15 is 0 Å². The standard InChI is InChI=1S/C36H38N2O6/c39-32(28-16-15-26(22-29(28)33(40)41)20-24-10-4-1-5-11-24)37-31-14-8-3-9-19-38(31)35(44)36(38)18-17-27(23-30(36)34(42)43)21-25-12-6-2-7-13-25/h1-2,4-7,10-13,15-16,22,27,30-31H,3,8-9,14,17-21,23H2,(H2-,37,39,40,41,42,43)/p+1. The smallest absolute Gasteiger partial charge is 0.378 e. The predicted molar refractivity (Wildman–Crippen MR) is 164 cm³/mol. The summed E-state index contributed by atoms with van der Waals surface area (Å²) in [6, 6.07) is 24.6. The van der Waals surface area contributed by atoms with E-state index in [4.69, 9.17) is 0 Å². The van der Waals surface area contributed by atoms with Crippen molar-refractivity contribution in [2.24, 2.45) is 11.8 Å². The van der Waals surface area contributed by atoms with Crippen LogP contribution >= 0.6 is 0 Å². The van der Waals surface area contributed by atoms with Gasteiger partial charge in [0.25, 0.3) is 5.91 Å². The Morgan fingerprint density at radius 3 is 2.20 bits per heavy atom. The Kier molecular flexibility index (Phi) is 8.12. The molecule has 228 valence electrons. The summed E-state index contributed by atoms with van der Waals surface area (Å²) in [7, 11) is 0. The summed E-state index contributed by atoms with van der Waals surface area (Å²) in [5.41, 5.74) is 1.86. The Labute approximate surface area is 257 Å². The summed E-state index contributed by atoms with van der Waals surface area (Å²) in [6.45, 7) is 0.485. The van der Waals surface area contributed by atoms with Gasteiger partial charge in [-0.15, -0.1) is 0 Å². The molecule has 3 fully saturated rings. The molecular formula is C36H39N2O6+. The van der Waals surface area contributed by atoms with Gasteiger partial charge in [0, 0.05) is 12.8 Å². The van der Waals surface area contributed by atoms with Gasteiger partial charge in [0.05, 0.1) is 17.7 Å². The molecule has 2 aliphatic heterocycles. The number of benzene rings is 3. The Balaban J connectivity index is 1.26. The molecule has 1 aliphatic carbocycles. The lowest BCUT2D eigenvalue weighted by Gasteiger charge is -2.37. The van der Waals surface area contributed by atoms with Crippen LogP contribution < -0.4 is 5.32 Å². The van der Waals surface area contributed by atoms with Gasteiger partial charge >= 0.3 is 17.8 Å². The summed E-state index contributed by atoms with van der Waals surface area (Å²) in [4.78, 5) is 52.9. The molecule has 2 amide bonds. The highest BCUT2D eigenvalue weighted by Gasteiger charge is 2.87. The van der Waals surface area contributed by atoms with Crippen LogP contribution in [0.5, 0.6) is 0 Å². The molecule has 8 heteroatoms. The molecule has 2 heterocycles. The number of carbonyl (C=O) groups is 4. The molecule has 5 atom stereocenters. The number of fused-ring (bicyclic) bond motifs is 1. The van der Waals surface area contributed by atoms with Crippen molar-refractivity contribution in [1.82, 2.24) is 5.32 Å². The summed E-state index contributed by atoms with van der Waals surface area (Å²) in [5.74, 6) is -3.46. The van der Waals surface area contributed by atoms with E-state index in [1.165, 1.54) is 0 Å². The van der Waals surface area contributed by atoms with Gasteiger partial charge in [-0.2, -0.15) is 0 Å². The molecule has 0 aromatic heterocycles. The van der Waals surface area contributed by atoms with Crippen molar-refractivity contribution in [1.29, 1.82) is 0 Å². The fraction of sp³-hybridized carbons (Fsp3) is 0.389. The van der Waals surface area contributed by atoms with Crippen LogP contribution in [-0.2, 0) is 22.4 Å². The number of carboxylic acids is 2. The number of carboxylic acid groups (broad SMARTS) is 2. The first kappa shape index (κ1) is 29.8. The second-order valence-electron chi connectivity index (χ2n) is 12.7. The van der Waals surface area contributed by atoms with Gasteiger partial charge in [0.1, 0.15) is 5.92 Å². The first-order chi connectivity index (χ1) is 21.3. The molecule has 3 aromatic carbocycles. The van der Waals surface area contributed by atoms with Gasteiger partial charge in [-0.3, -0.25) is 9.59 Å². The Morgan fingerprint density at radius 2 is 1.52 bits per heavy atom. The second-order valence-corrected chi connectivity index (χ2v) is 12.7. The summed E-state index contributed by atoms with van der Waals surface area (Å²) < 4.78 is -0.0394. The first-order valence-electron chi connectivity index (χ1n) is 15.7. The van der Waals surface area contributed by atoms with Gasteiger partial charge in [0.2, 0.25) is 5.54 Å². The number of amides is 2. The van der Waals surface area contributed by atoms with E-state index in [0.29, 0.717) is 32.2 Å². The molecule has 3 N–H and O–H groups in total. The van der Waals surface area contributed by atoms with E-state index in [0.717, 1.165) is 48.8 Å². The third-order valence-corrected chi connectivity index (χ3v) is 10.3. The van der Waals surface area contributed by atoms with Gasteiger partial charge in [-0.25, -0.2) is 14.1 Å². The van der Waals surface area contributed by atoms with E-state index in [1.54, 1.807) is 18.2 Å². The zero-order chi connectivity index (χ0) is 30.9. The van der Waals surface area contributed by atoms with Crippen molar-refractivity contribution in [3.8, 4) is 0 Å². The summed E-state index contributed by atoms with van der Waals surface area (Å²) >= 11 is 0. The van der Waals surface area contributed by atoms with Gasteiger partial charge in [-0.05, 0) is 79.7 Å². The number of hydrogen-bond donors (Lipinski definition) is 3. The Bertz CT molecular complexity index is 1570. The molecule has 6 rings (SSSR count). The number of aliphatic carboxylic acids is 1. The monoisotopic (exact) mass is 595 g/mol. The topological polar surface area (TPSA) is 121 Å². The van der Waals surface area contributed by atoms with Gasteiger partial charge in [0.15, 0.2) is 6.17 Å². The maximum Gasteiger partial charge on any atom is 0.378 e. The highest BCUT2D eigenvalue weighted by Crippen LogP contribution is 2.60. The number of quaternary nitrogens is 1. The highest BCUT2D eigenvalue weighted by atomic mass is 16.4. The van der Waals surface area contributed by atoms with E-state index < -0.39 is 35.5 Å². The van der Waals surface area contributed by atoms with Crippen LogP contribution in [0.1, 0.15) is 82.4 Å². The van der Waals surface area contributed by atoms with Crippen LogP contribution in [0, 0.1) is 11.8 Å². The zero-order valence-electron chi connectivity index (χ0n) is 24.8. The third kappa shape index (κ3) is 5.21. The fourth-order valence-corrected chi connectivity index (χ4v) is 8.17. The lowest BCUT2D eigenvalue weighted by atomic mass is 9.71. The number of nitrogens with zero attached hydrogens (tertiary/aromatic N) is 1. The van der Waals surface area contributed by atoms with Crippen molar-refractivity contribution in [3.63, 3.8) is 0 Å². The van der Waals surface area contributed by atoms with Crippen LogP contribution in [0.3, 0.4) is 0 Å². The Morgan fingerprint density at radius 1 is 0.818 bits per heavy atom. The van der Waals surface area contributed by atoms with Crippen LogP contribution in [-0.4, -0.2) is 56.7 Å². The van der Waals surface area contributed by atoms with Crippen molar-refractivity contribution in [2.45, 2.75) is 69.5 Å². The average Bonchev–Trinajstić information content (AvgIpc) is 3.61. The maximum atomic E-state index is 14.1. The van der Waals surface area contributed by atoms with Crippen LogP contribution in [0.25, 0.3) is 0 Å². The lowest BCUT2D eigenvalue weighted by molar-refractivity contribution is -0.829. The molecule has 2 spiro atoms. The van der Waals surface area contributed by atoms with Crippen molar-refractivity contribution in [2.75, 3.05) is 6.54 Å². The third-order valence-electron chi connectivity index (χ3n) is 10.3. The number of rotatable bonds is 8. The van der Waals surface area contributed by atoms with E-state index in [-0.39, 0.29) is 27.4 Å². The highest BCUT2D eigenvalue weighted by molar-refractivity contribution is 6.05. The van der Waals surface area contributed by atoms with Crippen molar-refractivity contribution < 1.29 is 33.9 Å². The summed E-state index contributed by atoms with van der Waals surface area (Å²) in [5, 5.41) is 23.6. The lowest BCUT2D eigenvalue weighted by Crippen LogP contribution is -2.57. The van der Waals surface area contributed by atoms with Gasteiger partial charge in [-0.1, -0.05) is 66.7 Å². The zero-order valence-corrected chi connectivity index (χ0v) is 24.8. The molecule has 8 nitrogen and oxygen atoms in total. The maximum absolute atomic E-state index is 14.1. The van der Waals surface area contributed by atoms with E-state index in [2.05, 4.69) is 17.4 Å². The molecule has 1 saturated carbocycles. The predicted octanol–water partition coefficient (Wildman–Crippen LogP) is 5.44. The van der Waals surface area contributed by atoms with Crippen LogP contribution in [0.15, 0.2) is 78.9 Å². The molecule has 3 aromatic rings. The van der Waals surface area contributed by atoms with Crippen molar-refractivity contribution >= 4 is 23.8 Å². The molecule has 0 radical (unpaired) electrons. The molecule has 0 bridgehead atoms. The first-order valence-corrected chi connectivity index (χ1v) is 15.7. The fourth-order valence-electron chi connectivity index (χ4n) is 8.17. The normalized spacial score (nSPS) is 27.9. The van der Waals surface area contributed by atoms with E-state index in [9.17, 15) is 29.4 Å². The molecule has 5 unspecified atom stereocenters. The largest absolute Gasteiger partial charge is 0.481 e. The van der Waals surface area contributed by atoms with Crippen LogP contribution in [0.4, 0.5) is 0 Å². The number of nitrogens with one attached hydrogen (secondary N) is 1. The quantitative estimate of drug-likeness (QED) is 0.236. The molecule has 3 aliphatic rings. The SMILES string of the molecule is O=C(O)c1cc(Cc2ccccc2)ccc1C(=O)NC1CCCCC[N+]12C(=O)C21CCC(Cc2ccccc2)CC1C(=O)O. The average molecular weight is 596 g/mol. The number of hydrogen-bond acceptors (Lipinski definition) is 4. The molecule has 44 heavy (non-hydrogen) atoms. The van der Waals surface area contributed by atoms with Gasteiger partial charge < -0.3 is 15.5 Å². The van der Waals surface area contributed by atoms with Crippen LogP contribution in [0.2, 0.25) is 0 Å². The van der Waals surface area contributed by atoms with E-state index in [1.807, 2.05) is 48.5 Å². The number of aromatic carboxylic acids is 1.